The second-order valence-electron chi connectivity index (χ2n) is 5.25. The molecule has 0 bridgehead atoms. The molecule has 0 saturated carbocycles. The van der Waals surface area contributed by atoms with Gasteiger partial charge in [-0.25, -0.2) is 0 Å². The lowest BCUT2D eigenvalue weighted by molar-refractivity contribution is 0.185. The first-order valence-corrected chi connectivity index (χ1v) is 6.91. The van der Waals surface area contributed by atoms with E-state index in [4.69, 9.17) is 0 Å². The zero-order valence-corrected chi connectivity index (χ0v) is 11.3. The largest absolute Gasteiger partial charge is 0.508 e. The van der Waals surface area contributed by atoms with Crippen molar-refractivity contribution in [2.24, 2.45) is 0 Å². The lowest BCUT2D eigenvalue weighted by Crippen LogP contribution is -2.44. The summed E-state index contributed by atoms with van der Waals surface area (Å²) in [6.45, 7) is 6.63. The minimum absolute atomic E-state index is 0.329. The van der Waals surface area contributed by atoms with Crippen LogP contribution < -0.4 is 5.32 Å². The first-order chi connectivity index (χ1) is 9.24. The highest BCUT2D eigenvalue weighted by Gasteiger charge is 2.17. The second kappa shape index (κ2) is 5.19. The van der Waals surface area contributed by atoms with E-state index in [1.54, 1.807) is 6.07 Å². The van der Waals surface area contributed by atoms with Crippen molar-refractivity contribution in [1.82, 2.24) is 10.2 Å². The molecule has 2 aromatic carbocycles. The molecule has 0 aromatic heterocycles. The van der Waals surface area contributed by atoms with Gasteiger partial charge >= 0.3 is 0 Å². The van der Waals surface area contributed by atoms with Crippen LogP contribution in [-0.4, -0.2) is 36.2 Å². The molecule has 3 heteroatoms. The van der Waals surface area contributed by atoms with E-state index >= 15 is 0 Å². The molecule has 1 aliphatic heterocycles. The molecule has 0 unspecified atom stereocenters. The number of fused-ring (bicyclic) bond motifs is 1. The van der Waals surface area contributed by atoms with Crippen LogP contribution >= 0.6 is 0 Å². The number of nitrogens with one attached hydrogen (secondary N) is 1. The van der Waals surface area contributed by atoms with Crippen LogP contribution in [0.15, 0.2) is 36.4 Å². The van der Waals surface area contributed by atoms with E-state index in [0.29, 0.717) is 11.8 Å². The lowest BCUT2D eigenvalue weighted by Gasteiger charge is -2.33. The van der Waals surface area contributed by atoms with Gasteiger partial charge < -0.3 is 10.4 Å². The molecule has 1 aliphatic rings. The molecular formula is C16H20N2O. The number of benzene rings is 2. The fraction of sp³-hybridized carbons (Fsp3) is 0.375. The van der Waals surface area contributed by atoms with Gasteiger partial charge in [0.25, 0.3) is 0 Å². The standard InChI is InChI=1S/C16H20N2O/c1-12(18-8-6-17-7-9-18)13-2-3-15-11-16(19)5-4-14(15)10-13/h2-5,10-12,17,19H,6-9H2,1H3/t12-/m0/s1. The SMILES string of the molecule is C[C@@H](c1ccc2cc(O)ccc2c1)N1CCNCC1. The van der Waals surface area contributed by atoms with Crippen LogP contribution in [0.1, 0.15) is 18.5 Å². The maximum Gasteiger partial charge on any atom is 0.116 e. The predicted octanol–water partition coefficient (Wildman–Crippen LogP) is 2.51. The Hall–Kier alpha value is -1.58. The maximum absolute atomic E-state index is 9.50. The molecule has 100 valence electrons. The van der Waals surface area contributed by atoms with Crippen LogP contribution in [0.5, 0.6) is 5.75 Å². The van der Waals surface area contributed by atoms with Gasteiger partial charge in [0.05, 0.1) is 0 Å². The molecule has 2 N–H and O–H groups in total. The summed E-state index contributed by atoms with van der Waals surface area (Å²) >= 11 is 0. The maximum atomic E-state index is 9.50. The Bertz CT molecular complexity index is 576. The Morgan fingerprint density at radius 2 is 1.74 bits per heavy atom. The molecule has 0 aliphatic carbocycles. The van der Waals surface area contributed by atoms with Crippen molar-refractivity contribution in [1.29, 1.82) is 0 Å². The third kappa shape index (κ3) is 2.57. The number of phenols is 1. The molecule has 1 atom stereocenters. The van der Waals surface area contributed by atoms with E-state index in [-0.39, 0.29) is 0 Å². The topological polar surface area (TPSA) is 35.5 Å². The van der Waals surface area contributed by atoms with Gasteiger partial charge in [-0.3, -0.25) is 4.90 Å². The number of rotatable bonds is 2. The Morgan fingerprint density at radius 1 is 1.05 bits per heavy atom. The van der Waals surface area contributed by atoms with Crippen molar-refractivity contribution in [3.05, 3.63) is 42.0 Å². The van der Waals surface area contributed by atoms with Crippen molar-refractivity contribution in [2.75, 3.05) is 26.2 Å². The summed E-state index contributed by atoms with van der Waals surface area (Å²) in [4.78, 5) is 2.51. The zero-order chi connectivity index (χ0) is 13.2. The first kappa shape index (κ1) is 12.5. The Balaban J connectivity index is 1.89. The van der Waals surface area contributed by atoms with E-state index in [0.717, 1.165) is 31.6 Å². The van der Waals surface area contributed by atoms with E-state index in [1.807, 2.05) is 12.1 Å². The number of hydrogen-bond donors (Lipinski definition) is 2. The molecule has 0 amide bonds. The summed E-state index contributed by atoms with van der Waals surface area (Å²) in [7, 11) is 0. The molecule has 1 saturated heterocycles. The van der Waals surface area contributed by atoms with Gasteiger partial charge in [0, 0.05) is 32.2 Å². The number of hydrogen-bond acceptors (Lipinski definition) is 3. The molecule has 1 fully saturated rings. The van der Waals surface area contributed by atoms with Crippen molar-refractivity contribution >= 4 is 10.8 Å². The van der Waals surface area contributed by atoms with Gasteiger partial charge in [-0.2, -0.15) is 0 Å². The van der Waals surface area contributed by atoms with Gasteiger partial charge in [-0.05, 0) is 41.5 Å². The van der Waals surface area contributed by atoms with Gasteiger partial charge in [0.1, 0.15) is 5.75 Å². The lowest BCUT2D eigenvalue weighted by atomic mass is 10.0. The molecule has 0 spiro atoms. The van der Waals surface area contributed by atoms with Gasteiger partial charge in [0.2, 0.25) is 0 Å². The van der Waals surface area contributed by atoms with Crippen LogP contribution in [0.2, 0.25) is 0 Å². The molecule has 19 heavy (non-hydrogen) atoms. The summed E-state index contributed by atoms with van der Waals surface area (Å²) in [5, 5.41) is 15.2. The average molecular weight is 256 g/mol. The fourth-order valence-electron chi connectivity index (χ4n) is 2.79. The highest BCUT2D eigenvalue weighted by Crippen LogP contribution is 2.26. The predicted molar refractivity (Wildman–Crippen MR) is 78.5 cm³/mol. The smallest absolute Gasteiger partial charge is 0.116 e. The van der Waals surface area contributed by atoms with E-state index in [2.05, 4.69) is 35.3 Å². The normalized spacial score (nSPS) is 18.6. The van der Waals surface area contributed by atoms with Crippen LogP contribution in [-0.2, 0) is 0 Å². The number of nitrogens with zero attached hydrogens (tertiary/aromatic N) is 1. The number of phenolic OH excluding ortho intramolecular Hbond substituents is 1. The minimum atomic E-state index is 0.329. The van der Waals surface area contributed by atoms with Crippen LogP contribution in [0.25, 0.3) is 10.8 Å². The van der Waals surface area contributed by atoms with Crippen molar-refractivity contribution in [3.8, 4) is 5.75 Å². The van der Waals surface area contributed by atoms with Gasteiger partial charge in [0.15, 0.2) is 0 Å². The van der Waals surface area contributed by atoms with E-state index in [1.165, 1.54) is 10.9 Å². The molecule has 3 nitrogen and oxygen atoms in total. The summed E-state index contributed by atoms with van der Waals surface area (Å²) < 4.78 is 0. The monoisotopic (exact) mass is 256 g/mol. The van der Waals surface area contributed by atoms with Crippen molar-refractivity contribution in [2.45, 2.75) is 13.0 Å². The summed E-state index contributed by atoms with van der Waals surface area (Å²) in [5.74, 6) is 0.329. The average Bonchev–Trinajstić information content (AvgIpc) is 2.47. The highest BCUT2D eigenvalue weighted by atomic mass is 16.3. The molecule has 3 rings (SSSR count). The van der Waals surface area contributed by atoms with Crippen molar-refractivity contribution in [3.63, 3.8) is 0 Å². The zero-order valence-electron chi connectivity index (χ0n) is 11.3. The highest BCUT2D eigenvalue weighted by molar-refractivity contribution is 5.84. The minimum Gasteiger partial charge on any atom is -0.508 e. The third-order valence-corrected chi connectivity index (χ3v) is 4.03. The molecular weight excluding hydrogens is 236 g/mol. The molecule has 0 radical (unpaired) electrons. The van der Waals surface area contributed by atoms with E-state index < -0.39 is 0 Å². The van der Waals surface area contributed by atoms with Crippen LogP contribution in [0, 0.1) is 0 Å². The van der Waals surface area contributed by atoms with Crippen LogP contribution in [0.3, 0.4) is 0 Å². The Labute approximate surface area is 113 Å². The molecule has 2 aromatic rings. The summed E-state index contributed by atoms with van der Waals surface area (Å²) in [6, 6.07) is 12.5. The Morgan fingerprint density at radius 3 is 2.53 bits per heavy atom. The third-order valence-electron chi connectivity index (χ3n) is 4.03. The number of piperazine rings is 1. The van der Waals surface area contributed by atoms with Gasteiger partial charge in [-0.1, -0.05) is 18.2 Å². The van der Waals surface area contributed by atoms with Gasteiger partial charge in [-0.15, -0.1) is 0 Å². The second-order valence-corrected chi connectivity index (χ2v) is 5.25. The van der Waals surface area contributed by atoms with Crippen molar-refractivity contribution < 1.29 is 5.11 Å². The van der Waals surface area contributed by atoms with Crippen LogP contribution in [0.4, 0.5) is 0 Å². The quantitative estimate of drug-likeness (QED) is 0.866. The summed E-state index contributed by atoms with van der Waals surface area (Å²) in [5.41, 5.74) is 1.35. The van der Waals surface area contributed by atoms with E-state index in [9.17, 15) is 5.11 Å². The first-order valence-electron chi connectivity index (χ1n) is 6.91. The summed E-state index contributed by atoms with van der Waals surface area (Å²) in [6.07, 6.45) is 0. The molecule has 1 heterocycles. The number of aromatic hydroxyl groups is 1. The Kier molecular flexibility index (Phi) is 3.40. The fourth-order valence-corrected chi connectivity index (χ4v) is 2.79.